The zero-order chi connectivity index (χ0) is 15.5. The molecule has 0 radical (unpaired) electrons. The molecular formula is C18H17N3O. The fourth-order valence-corrected chi connectivity index (χ4v) is 2.81. The molecule has 0 bridgehead atoms. The van der Waals surface area contributed by atoms with Gasteiger partial charge in [0.05, 0.1) is 17.8 Å². The van der Waals surface area contributed by atoms with E-state index in [1.807, 2.05) is 43.3 Å². The predicted octanol–water partition coefficient (Wildman–Crippen LogP) is 2.72. The van der Waals surface area contributed by atoms with Crippen molar-refractivity contribution in [1.82, 2.24) is 10.6 Å². The van der Waals surface area contributed by atoms with Crippen molar-refractivity contribution in [3.8, 4) is 17.2 Å². The summed E-state index contributed by atoms with van der Waals surface area (Å²) in [5.74, 6) is 0.0631. The lowest BCUT2D eigenvalue weighted by molar-refractivity contribution is -0.124. The Labute approximate surface area is 129 Å². The molecule has 0 spiro atoms. The van der Waals surface area contributed by atoms with E-state index in [1.165, 1.54) is 0 Å². The molecule has 1 saturated heterocycles. The number of hydrogen-bond donors (Lipinski definition) is 2. The van der Waals surface area contributed by atoms with Crippen LogP contribution in [-0.4, -0.2) is 12.1 Å². The van der Waals surface area contributed by atoms with Gasteiger partial charge in [-0.25, -0.2) is 0 Å². The molecule has 1 amide bonds. The van der Waals surface area contributed by atoms with Gasteiger partial charge in [-0.3, -0.25) is 10.1 Å². The Balaban J connectivity index is 1.92. The Hall–Kier alpha value is -2.64. The van der Waals surface area contributed by atoms with E-state index in [0.717, 1.165) is 16.7 Å². The summed E-state index contributed by atoms with van der Waals surface area (Å²) in [6.07, 6.45) is 0.406. The second-order valence-corrected chi connectivity index (χ2v) is 5.53. The lowest BCUT2D eigenvalue weighted by atomic mass is 9.96. The van der Waals surface area contributed by atoms with Gasteiger partial charge < -0.3 is 5.32 Å². The Morgan fingerprint density at radius 1 is 1.14 bits per heavy atom. The van der Waals surface area contributed by atoms with E-state index in [0.29, 0.717) is 12.0 Å². The zero-order valence-electron chi connectivity index (χ0n) is 12.3. The molecule has 22 heavy (non-hydrogen) atoms. The number of carbonyl (C=O) groups excluding carboxylic acids is 1. The van der Waals surface area contributed by atoms with E-state index in [1.54, 1.807) is 6.07 Å². The van der Waals surface area contributed by atoms with Crippen LogP contribution < -0.4 is 10.6 Å². The largest absolute Gasteiger partial charge is 0.341 e. The first-order valence-electron chi connectivity index (χ1n) is 7.31. The first kappa shape index (κ1) is 14.3. The first-order chi connectivity index (χ1) is 10.7. The standard InChI is InChI=1S/C18H17N3O/c1-12-20-17(10-18(22)21-12)16-7-3-6-15(9-16)14-5-2-4-13(8-14)11-19/h2-9,12,17,20H,10H2,1H3,(H,21,22)/t12?,17-/m0/s1. The molecule has 2 aromatic carbocycles. The third-order valence-corrected chi connectivity index (χ3v) is 3.83. The van der Waals surface area contributed by atoms with E-state index in [2.05, 4.69) is 22.8 Å². The molecule has 3 rings (SSSR count). The molecule has 0 saturated carbocycles. The number of amides is 1. The van der Waals surface area contributed by atoms with E-state index in [-0.39, 0.29) is 18.1 Å². The van der Waals surface area contributed by atoms with Crippen LogP contribution in [-0.2, 0) is 4.79 Å². The Kier molecular flexibility index (Phi) is 3.90. The summed E-state index contributed by atoms with van der Waals surface area (Å²) in [6, 6.07) is 17.8. The van der Waals surface area contributed by atoms with E-state index < -0.39 is 0 Å². The highest BCUT2D eigenvalue weighted by molar-refractivity contribution is 5.78. The van der Waals surface area contributed by atoms with Crippen LogP contribution in [0.5, 0.6) is 0 Å². The van der Waals surface area contributed by atoms with Crippen molar-refractivity contribution in [2.24, 2.45) is 0 Å². The van der Waals surface area contributed by atoms with Gasteiger partial charge in [0.2, 0.25) is 5.91 Å². The van der Waals surface area contributed by atoms with Crippen LogP contribution in [0.1, 0.15) is 30.5 Å². The highest BCUT2D eigenvalue weighted by Crippen LogP contribution is 2.26. The number of nitrogens with one attached hydrogen (secondary N) is 2. The summed E-state index contributed by atoms with van der Waals surface area (Å²) in [6.45, 7) is 1.93. The summed E-state index contributed by atoms with van der Waals surface area (Å²) in [7, 11) is 0. The Morgan fingerprint density at radius 3 is 2.59 bits per heavy atom. The maximum absolute atomic E-state index is 11.7. The SMILES string of the molecule is CC1NC(=O)C[C@@H](c2cccc(-c3cccc(C#N)c3)c2)N1. The van der Waals surface area contributed by atoms with E-state index in [9.17, 15) is 4.79 Å². The zero-order valence-corrected chi connectivity index (χ0v) is 12.3. The van der Waals surface area contributed by atoms with Gasteiger partial charge in [0.15, 0.2) is 0 Å². The second-order valence-electron chi connectivity index (χ2n) is 5.53. The fraction of sp³-hybridized carbons (Fsp3) is 0.222. The van der Waals surface area contributed by atoms with Gasteiger partial charge in [-0.05, 0) is 41.8 Å². The highest BCUT2D eigenvalue weighted by Gasteiger charge is 2.24. The lowest BCUT2D eigenvalue weighted by Gasteiger charge is -2.29. The van der Waals surface area contributed by atoms with Gasteiger partial charge in [0, 0.05) is 12.5 Å². The molecule has 2 aromatic rings. The van der Waals surface area contributed by atoms with Gasteiger partial charge in [-0.1, -0.05) is 30.3 Å². The average molecular weight is 291 g/mol. The maximum atomic E-state index is 11.7. The third kappa shape index (κ3) is 3.00. The van der Waals surface area contributed by atoms with Gasteiger partial charge in [0.1, 0.15) is 0 Å². The summed E-state index contributed by atoms with van der Waals surface area (Å²) in [4.78, 5) is 11.7. The minimum Gasteiger partial charge on any atom is -0.341 e. The predicted molar refractivity (Wildman–Crippen MR) is 84.7 cm³/mol. The molecule has 4 nitrogen and oxygen atoms in total. The summed E-state index contributed by atoms with van der Waals surface area (Å²) in [5.41, 5.74) is 3.79. The van der Waals surface area contributed by atoms with Crippen LogP contribution in [0.3, 0.4) is 0 Å². The van der Waals surface area contributed by atoms with Crippen molar-refractivity contribution < 1.29 is 4.79 Å². The van der Waals surface area contributed by atoms with Crippen LogP contribution in [0, 0.1) is 11.3 Å². The van der Waals surface area contributed by atoms with Crippen molar-refractivity contribution >= 4 is 5.91 Å². The van der Waals surface area contributed by atoms with Crippen LogP contribution in [0.2, 0.25) is 0 Å². The van der Waals surface area contributed by atoms with Crippen LogP contribution in [0.15, 0.2) is 48.5 Å². The van der Waals surface area contributed by atoms with Crippen molar-refractivity contribution in [1.29, 1.82) is 5.26 Å². The van der Waals surface area contributed by atoms with Crippen molar-refractivity contribution in [3.63, 3.8) is 0 Å². The van der Waals surface area contributed by atoms with Gasteiger partial charge in [-0.2, -0.15) is 5.26 Å². The number of nitrogens with zero attached hydrogens (tertiary/aromatic N) is 1. The molecular weight excluding hydrogens is 274 g/mol. The average Bonchev–Trinajstić information content (AvgIpc) is 2.54. The lowest BCUT2D eigenvalue weighted by Crippen LogP contribution is -2.50. The minimum atomic E-state index is -0.0307. The van der Waals surface area contributed by atoms with Crippen molar-refractivity contribution in [2.75, 3.05) is 0 Å². The smallest absolute Gasteiger partial charge is 0.223 e. The van der Waals surface area contributed by atoms with E-state index in [4.69, 9.17) is 5.26 Å². The molecule has 1 unspecified atom stereocenters. The van der Waals surface area contributed by atoms with Gasteiger partial charge in [-0.15, -0.1) is 0 Å². The second kappa shape index (κ2) is 6.00. The van der Waals surface area contributed by atoms with Crippen LogP contribution >= 0.6 is 0 Å². The molecule has 2 atom stereocenters. The normalized spacial score (nSPS) is 21.0. The minimum absolute atomic E-state index is 0.0165. The molecule has 4 heteroatoms. The molecule has 0 aromatic heterocycles. The molecule has 2 N–H and O–H groups in total. The number of benzene rings is 2. The summed E-state index contributed by atoms with van der Waals surface area (Å²) >= 11 is 0. The fourth-order valence-electron chi connectivity index (χ4n) is 2.81. The van der Waals surface area contributed by atoms with Crippen molar-refractivity contribution in [3.05, 3.63) is 59.7 Å². The van der Waals surface area contributed by atoms with Gasteiger partial charge in [0.25, 0.3) is 0 Å². The summed E-state index contributed by atoms with van der Waals surface area (Å²) in [5, 5.41) is 15.3. The quantitative estimate of drug-likeness (QED) is 0.894. The topological polar surface area (TPSA) is 64.9 Å². The number of hydrogen-bond acceptors (Lipinski definition) is 3. The number of carbonyl (C=O) groups is 1. The monoisotopic (exact) mass is 291 g/mol. The molecule has 110 valence electrons. The van der Waals surface area contributed by atoms with Crippen molar-refractivity contribution in [2.45, 2.75) is 25.6 Å². The summed E-state index contributed by atoms with van der Waals surface area (Å²) < 4.78 is 0. The maximum Gasteiger partial charge on any atom is 0.223 e. The molecule has 0 aliphatic carbocycles. The highest BCUT2D eigenvalue weighted by atomic mass is 16.2. The molecule has 1 aliphatic rings. The third-order valence-electron chi connectivity index (χ3n) is 3.83. The first-order valence-corrected chi connectivity index (χ1v) is 7.31. The number of nitriles is 1. The van der Waals surface area contributed by atoms with Gasteiger partial charge >= 0.3 is 0 Å². The number of rotatable bonds is 2. The molecule has 1 aliphatic heterocycles. The Morgan fingerprint density at radius 2 is 1.86 bits per heavy atom. The van der Waals surface area contributed by atoms with E-state index >= 15 is 0 Å². The molecule has 1 heterocycles. The van der Waals surface area contributed by atoms with Crippen LogP contribution in [0.4, 0.5) is 0 Å². The Bertz CT molecular complexity index is 748. The van der Waals surface area contributed by atoms with Crippen LogP contribution in [0.25, 0.3) is 11.1 Å². The molecule has 1 fully saturated rings.